The van der Waals surface area contributed by atoms with Gasteiger partial charge in [0.2, 0.25) is 0 Å². The Morgan fingerprint density at radius 3 is 2.74 bits per heavy atom. The van der Waals surface area contributed by atoms with Crippen LogP contribution in [0.15, 0.2) is 23.1 Å². The fourth-order valence-corrected chi connectivity index (χ4v) is 2.84. The molecule has 0 heterocycles. The molecule has 1 aromatic rings. The van der Waals surface area contributed by atoms with E-state index in [1.165, 1.54) is 7.11 Å². The van der Waals surface area contributed by atoms with E-state index in [1.807, 2.05) is 25.2 Å². The van der Waals surface area contributed by atoms with Crippen LogP contribution in [0.3, 0.4) is 0 Å². The summed E-state index contributed by atoms with van der Waals surface area (Å²) in [6.07, 6.45) is 0.408. The van der Waals surface area contributed by atoms with Crippen LogP contribution in [-0.4, -0.2) is 33.0 Å². The zero-order valence-corrected chi connectivity index (χ0v) is 12.7. The number of ether oxygens (including phenoxy) is 2. The number of carbonyl (C=O) groups is 1. The molecule has 0 aliphatic heterocycles. The van der Waals surface area contributed by atoms with Crippen LogP contribution >= 0.6 is 11.8 Å². The van der Waals surface area contributed by atoms with Gasteiger partial charge in [0.1, 0.15) is 5.75 Å². The lowest BCUT2D eigenvalue weighted by molar-refractivity contribution is -0.140. The number of carbonyl (C=O) groups excluding carboxylic acids is 1. The van der Waals surface area contributed by atoms with Crippen molar-refractivity contribution in [2.45, 2.75) is 24.3 Å². The predicted octanol–water partition coefficient (Wildman–Crippen LogP) is 2.63. The van der Waals surface area contributed by atoms with Crippen molar-refractivity contribution in [2.75, 3.05) is 27.0 Å². The summed E-state index contributed by atoms with van der Waals surface area (Å²) in [6, 6.07) is 6.16. The van der Waals surface area contributed by atoms with Gasteiger partial charge in [0, 0.05) is 22.3 Å². The van der Waals surface area contributed by atoms with E-state index in [0.29, 0.717) is 12.2 Å². The number of thioether (sulfide) groups is 1. The molecule has 5 heteroatoms. The van der Waals surface area contributed by atoms with Gasteiger partial charge >= 0.3 is 5.97 Å². The van der Waals surface area contributed by atoms with Crippen LogP contribution < -0.4 is 10.1 Å². The summed E-state index contributed by atoms with van der Waals surface area (Å²) >= 11 is 1.64. The molecular formula is C14H21NO3S. The highest BCUT2D eigenvalue weighted by molar-refractivity contribution is 7.99. The Kier molecular flexibility index (Phi) is 6.73. The van der Waals surface area contributed by atoms with E-state index >= 15 is 0 Å². The van der Waals surface area contributed by atoms with Crippen LogP contribution in [0.4, 0.5) is 0 Å². The first-order valence-electron chi connectivity index (χ1n) is 6.17. The number of hydrogen-bond donors (Lipinski definition) is 1. The molecule has 0 fully saturated rings. The molecule has 19 heavy (non-hydrogen) atoms. The first kappa shape index (κ1) is 15.9. The van der Waals surface area contributed by atoms with Crippen LogP contribution in [0.1, 0.15) is 24.9 Å². The van der Waals surface area contributed by atoms with Gasteiger partial charge in [0.15, 0.2) is 0 Å². The predicted molar refractivity (Wildman–Crippen MR) is 77.8 cm³/mol. The number of rotatable bonds is 7. The highest BCUT2D eigenvalue weighted by atomic mass is 32.2. The summed E-state index contributed by atoms with van der Waals surface area (Å²) < 4.78 is 10.1. The average molecular weight is 283 g/mol. The normalized spacial score (nSPS) is 12.0. The average Bonchev–Trinajstić information content (AvgIpc) is 2.45. The number of benzene rings is 1. The number of esters is 1. The summed E-state index contributed by atoms with van der Waals surface area (Å²) in [5, 5.41) is 3.22. The van der Waals surface area contributed by atoms with Gasteiger partial charge in [-0.1, -0.05) is 6.07 Å². The molecule has 0 saturated carbocycles. The van der Waals surface area contributed by atoms with Gasteiger partial charge in [0.25, 0.3) is 0 Å². The fraction of sp³-hybridized carbons (Fsp3) is 0.500. The Labute approximate surface area is 118 Å². The Morgan fingerprint density at radius 1 is 1.42 bits per heavy atom. The largest absolute Gasteiger partial charge is 0.496 e. The minimum atomic E-state index is -0.182. The molecule has 0 amide bonds. The molecule has 0 radical (unpaired) electrons. The second kappa shape index (κ2) is 8.07. The summed E-state index contributed by atoms with van der Waals surface area (Å²) in [5.41, 5.74) is 1.13. The molecule has 1 rings (SSSR count). The van der Waals surface area contributed by atoms with Gasteiger partial charge in [-0.15, -0.1) is 11.8 Å². The molecular weight excluding hydrogens is 262 g/mol. The van der Waals surface area contributed by atoms with Crippen molar-refractivity contribution >= 4 is 17.7 Å². The summed E-state index contributed by atoms with van der Waals surface area (Å²) in [5.74, 6) is 1.38. The van der Waals surface area contributed by atoms with Gasteiger partial charge in [-0.05, 0) is 26.1 Å². The van der Waals surface area contributed by atoms with E-state index in [0.717, 1.165) is 16.2 Å². The molecule has 4 nitrogen and oxygen atoms in total. The van der Waals surface area contributed by atoms with Crippen LogP contribution in [0.5, 0.6) is 5.75 Å². The van der Waals surface area contributed by atoms with Crippen LogP contribution in [0, 0.1) is 0 Å². The van der Waals surface area contributed by atoms with Gasteiger partial charge in [-0.2, -0.15) is 0 Å². The number of hydrogen-bond acceptors (Lipinski definition) is 5. The summed E-state index contributed by atoms with van der Waals surface area (Å²) in [6.45, 7) is 2.09. The summed E-state index contributed by atoms with van der Waals surface area (Å²) in [4.78, 5) is 12.3. The van der Waals surface area contributed by atoms with Gasteiger partial charge in [-0.25, -0.2) is 0 Å². The molecule has 0 saturated heterocycles. The molecule has 1 atom stereocenters. The standard InChI is InChI=1S/C14H21NO3S/c1-10(15-2)14-11(17-3)6-5-7-12(14)19-9-8-13(16)18-4/h5-7,10,15H,8-9H2,1-4H3. The third-order valence-electron chi connectivity index (χ3n) is 2.90. The van der Waals surface area contributed by atoms with E-state index < -0.39 is 0 Å². The SMILES string of the molecule is CNC(C)c1c(OC)cccc1SCCC(=O)OC. The maximum atomic E-state index is 11.1. The van der Waals surface area contributed by atoms with Crippen molar-refractivity contribution < 1.29 is 14.3 Å². The lowest BCUT2D eigenvalue weighted by atomic mass is 10.1. The Bertz CT molecular complexity index is 423. The van der Waals surface area contributed by atoms with Crippen molar-refractivity contribution in [2.24, 2.45) is 0 Å². The maximum Gasteiger partial charge on any atom is 0.306 e. The fourth-order valence-electron chi connectivity index (χ4n) is 1.75. The Morgan fingerprint density at radius 2 is 2.16 bits per heavy atom. The van der Waals surface area contributed by atoms with E-state index in [2.05, 4.69) is 17.0 Å². The van der Waals surface area contributed by atoms with Crippen molar-refractivity contribution in [1.82, 2.24) is 5.32 Å². The first-order chi connectivity index (χ1) is 9.13. The summed E-state index contributed by atoms with van der Waals surface area (Å²) in [7, 11) is 5.00. The van der Waals surface area contributed by atoms with Crippen molar-refractivity contribution in [3.63, 3.8) is 0 Å². The third-order valence-corrected chi connectivity index (χ3v) is 3.98. The van der Waals surface area contributed by atoms with Crippen LogP contribution in [0.2, 0.25) is 0 Å². The molecule has 0 spiro atoms. The van der Waals surface area contributed by atoms with E-state index in [1.54, 1.807) is 18.9 Å². The second-order valence-corrected chi connectivity index (χ2v) is 5.19. The van der Waals surface area contributed by atoms with Crippen molar-refractivity contribution in [1.29, 1.82) is 0 Å². The molecule has 0 aliphatic carbocycles. The van der Waals surface area contributed by atoms with Crippen LogP contribution in [0.25, 0.3) is 0 Å². The van der Waals surface area contributed by atoms with Gasteiger partial charge < -0.3 is 14.8 Å². The monoisotopic (exact) mass is 283 g/mol. The number of nitrogens with one attached hydrogen (secondary N) is 1. The molecule has 106 valence electrons. The topological polar surface area (TPSA) is 47.6 Å². The highest BCUT2D eigenvalue weighted by Crippen LogP contribution is 2.34. The molecule has 0 aliphatic rings. The lowest BCUT2D eigenvalue weighted by Gasteiger charge is -2.18. The van der Waals surface area contributed by atoms with Crippen molar-refractivity contribution in [3.8, 4) is 5.75 Å². The quantitative estimate of drug-likeness (QED) is 0.616. The van der Waals surface area contributed by atoms with Crippen molar-refractivity contribution in [3.05, 3.63) is 23.8 Å². The van der Waals surface area contributed by atoms with Gasteiger partial charge in [0.05, 0.1) is 20.6 Å². The van der Waals surface area contributed by atoms with Crippen LogP contribution in [-0.2, 0) is 9.53 Å². The Hall–Kier alpha value is -1.20. The molecule has 1 N–H and O–H groups in total. The Balaban J connectivity index is 2.84. The number of methoxy groups -OCH3 is 2. The van der Waals surface area contributed by atoms with Gasteiger partial charge in [-0.3, -0.25) is 4.79 Å². The van der Waals surface area contributed by atoms with E-state index in [4.69, 9.17) is 4.74 Å². The minimum Gasteiger partial charge on any atom is -0.496 e. The smallest absolute Gasteiger partial charge is 0.306 e. The first-order valence-corrected chi connectivity index (χ1v) is 7.16. The highest BCUT2D eigenvalue weighted by Gasteiger charge is 2.15. The molecule has 1 aromatic carbocycles. The molecule has 1 unspecified atom stereocenters. The third kappa shape index (κ3) is 4.44. The molecule has 0 bridgehead atoms. The zero-order chi connectivity index (χ0) is 14.3. The second-order valence-electron chi connectivity index (χ2n) is 4.06. The van der Waals surface area contributed by atoms with E-state index in [-0.39, 0.29) is 12.0 Å². The maximum absolute atomic E-state index is 11.1. The lowest BCUT2D eigenvalue weighted by Crippen LogP contribution is -2.14. The minimum absolute atomic E-state index is 0.182. The zero-order valence-electron chi connectivity index (χ0n) is 11.9. The van der Waals surface area contributed by atoms with E-state index in [9.17, 15) is 4.79 Å². The molecule has 0 aromatic heterocycles.